The summed E-state index contributed by atoms with van der Waals surface area (Å²) in [6.45, 7) is 7.51. The van der Waals surface area contributed by atoms with Crippen LogP contribution in [0.3, 0.4) is 0 Å². The second-order valence-electron chi connectivity index (χ2n) is 7.08. The lowest BCUT2D eigenvalue weighted by molar-refractivity contribution is 0.1000. The van der Waals surface area contributed by atoms with Crippen LogP contribution in [0.25, 0.3) is 0 Å². The second kappa shape index (κ2) is 7.60. The van der Waals surface area contributed by atoms with Crippen LogP contribution in [0, 0.1) is 0 Å². The molecule has 0 aromatic heterocycles. The summed E-state index contributed by atoms with van der Waals surface area (Å²) in [4.78, 5) is 11.2. The lowest BCUT2D eigenvalue weighted by atomic mass is 9.86. The third-order valence-corrected chi connectivity index (χ3v) is 4.04. The highest BCUT2D eigenvalue weighted by Crippen LogP contribution is 2.23. The van der Waals surface area contributed by atoms with Crippen LogP contribution >= 0.6 is 0 Å². The second-order valence-corrected chi connectivity index (χ2v) is 7.08. The van der Waals surface area contributed by atoms with Gasteiger partial charge in [0.1, 0.15) is 0 Å². The minimum atomic E-state index is -0.571. The van der Waals surface area contributed by atoms with E-state index in [1.807, 2.05) is 18.2 Å². The van der Waals surface area contributed by atoms with Crippen LogP contribution in [0.15, 0.2) is 48.5 Å². The minimum Gasteiger partial charge on any atom is -0.387 e. The van der Waals surface area contributed by atoms with Gasteiger partial charge in [0.2, 0.25) is 5.91 Å². The van der Waals surface area contributed by atoms with Crippen LogP contribution < -0.4 is 11.1 Å². The molecular formula is C20H26N2O2. The third kappa shape index (κ3) is 4.91. The molecule has 0 spiro atoms. The Hall–Kier alpha value is -2.17. The number of aliphatic hydroxyl groups excluding tert-OH is 1. The van der Waals surface area contributed by atoms with Gasteiger partial charge in [0.25, 0.3) is 0 Å². The first-order chi connectivity index (χ1) is 11.3. The molecule has 1 amide bonds. The van der Waals surface area contributed by atoms with E-state index >= 15 is 0 Å². The summed E-state index contributed by atoms with van der Waals surface area (Å²) in [6.07, 6.45) is -0.571. The van der Waals surface area contributed by atoms with E-state index in [-0.39, 0.29) is 5.41 Å². The van der Waals surface area contributed by atoms with Gasteiger partial charge in [0.05, 0.1) is 6.10 Å². The Morgan fingerprint density at radius 2 is 1.83 bits per heavy atom. The van der Waals surface area contributed by atoms with E-state index in [0.29, 0.717) is 18.7 Å². The number of primary amides is 1. The summed E-state index contributed by atoms with van der Waals surface area (Å²) >= 11 is 0. The SMILES string of the molecule is CC(C)(C)c1ccc(C(O)CNCc2cccc(C(N)=O)c2)cc1. The smallest absolute Gasteiger partial charge is 0.248 e. The molecule has 0 aliphatic heterocycles. The molecule has 24 heavy (non-hydrogen) atoms. The van der Waals surface area contributed by atoms with Crippen LogP contribution in [0.5, 0.6) is 0 Å². The summed E-state index contributed by atoms with van der Waals surface area (Å²) in [5.41, 5.74) is 8.97. The predicted octanol–water partition coefficient (Wildman–Crippen LogP) is 2.91. The van der Waals surface area contributed by atoms with E-state index in [9.17, 15) is 9.90 Å². The maximum atomic E-state index is 11.2. The number of nitrogens with two attached hydrogens (primary N) is 1. The Labute approximate surface area is 143 Å². The van der Waals surface area contributed by atoms with Crippen molar-refractivity contribution in [2.75, 3.05) is 6.54 Å². The maximum Gasteiger partial charge on any atom is 0.248 e. The van der Waals surface area contributed by atoms with Gasteiger partial charge in [0.15, 0.2) is 0 Å². The van der Waals surface area contributed by atoms with Gasteiger partial charge in [-0.25, -0.2) is 0 Å². The summed E-state index contributed by atoms with van der Waals surface area (Å²) < 4.78 is 0. The summed E-state index contributed by atoms with van der Waals surface area (Å²) in [5, 5.41) is 13.5. The van der Waals surface area contributed by atoms with Gasteiger partial charge in [-0.1, -0.05) is 57.2 Å². The molecule has 4 N–H and O–H groups in total. The minimum absolute atomic E-state index is 0.104. The van der Waals surface area contributed by atoms with Crippen molar-refractivity contribution in [2.45, 2.75) is 38.8 Å². The van der Waals surface area contributed by atoms with Crippen LogP contribution in [0.2, 0.25) is 0 Å². The fraction of sp³-hybridized carbons (Fsp3) is 0.350. The summed E-state index contributed by atoms with van der Waals surface area (Å²) in [6, 6.07) is 15.3. The van der Waals surface area contributed by atoms with Crippen molar-refractivity contribution in [1.29, 1.82) is 0 Å². The molecule has 0 bridgehead atoms. The topological polar surface area (TPSA) is 75.3 Å². The predicted molar refractivity (Wildman–Crippen MR) is 96.8 cm³/mol. The zero-order valence-corrected chi connectivity index (χ0v) is 14.5. The molecule has 4 nitrogen and oxygen atoms in total. The number of nitrogens with one attached hydrogen (secondary N) is 1. The molecule has 4 heteroatoms. The van der Waals surface area contributed by atoms with Crippen molar-refractivity contribution in [3.63, 3.8) is 0 Å². The van der Waals surface area contributed by atoms with E-state index < -0.39 is 12.0 Å². The monoisotopic (exact) mass is 326 g/mol. The van der Waals surface area contributed by atoms with E-state index in [1.165, 1.54) is 5.56 Å². The zero-order chi connectivity index (χ0) is 17.7. The zero-order valence-electron chi connectivity index (χ0n) is 14.5. The van der Waals surface area contributed by atoms with Crippen molar-refractivity contribution in [3.05, 3.63) is 70.8 Å². The molecule has 0 aliphatic rings. The molecule has 2 rings (SSSR count). The molecule has 2 aromatic rings. The highest BCUT2D eigenvalue weighted by molar-refractivity contribution is 5.92. The van der Waals surface area contributed by atoms with E-state index in [2.05, 4.69) is 38.2 Å². The van der Waals surface area contributed by atoms with E-state index in [4.69, 9.17) is 5.73 Å². The number of hydrogen-bond acceptors (Lipinski definition) is 3. The average Bonchev–Trinajstić information content (AvgIpc) is 2.54. The van der Waals surface area contributed by atoms with Crippen molar-refractivity contribution in [2.24, 2.45) is 5.73 Å². The molecule has 128 valence electrons. The van der Waals surface area contributed by atoms with Crippen LogP contribution in [-0.4, -0.2) is 17.6 Å². The van der Waals surface area contributed by atoms with Crippen molar-refractivity contribution in [1.82, 2.24) is 5.32 Å². The Bertz CT molecular complexity index is 688. The number of carbonyl (C=O) groups excluding carboxylic acids is 1. The molecule has 0 saturated heterocycles. The van der Waals surface area contributed by atoms with Crippen LogP contribution in [-0.2, 0) is 12.0 Å². The van der Waals surface area contributed by atoms with Crippen molar-refractivity contribution in [3.8, 4) is 0 Å². The molecular weight excluding hydrogens is 300 g/mol. The highest BCUT2D eigenvalue weighted by Gasteiger charge is 2.14. The maximum absolute atomic E-state index is 11.2. The summed E-state index contributed by atoms with van der Waals surface area (Å²) in [7, 11) is 0. The Morgan fingerprint density at radius 1 is 1.17 bits per heavy atom. The Kier molecular flexibility index (Phi) is 5.75. The Morgan fingerprint density at radius 3 is 2.42 bits per heavy atom. The van der Waals surface area contributed by atoms with E-state index in [1.54, 1.807) is 18.2 Å². The number of hydrogen-bond donors (Lipinski definition) is 3. The molecule has 0 saturated carbocycles. The first kappa shape index (κ1) is 18.2. The molecule has 1 unspecified atom stereocenters. The first-order valence-electron chi connectivity index (χ1n) is 8.15. The third-order valence-electron chi connectivity index (χ3n) is 4.04. The van der Waals surface area contributed by atoms with Crippen molar-refractivity contribution >= 4 is 5.91 Å². The highest BCUT2D eigenvalue weighted by atomic mass is 16.3. The number of amides is 1. The van der Waals surface area contributed by atoms with Crippen molar-refractivity contribution < 1.29 is 9.90 Å². The lowest BCUT2D eigenvalue weighted by Crippen LogP contribution is -2.21. The largest absolute Gasteiger partial charge is 0.387 e. The Balaban J connectivity index is 1.90. The van der Waals surface area contributed by atoms with Gasteiger partial charge < -0.3 is 16.2 Å². The molecule has 1 atom stereocenters. The quantitative estimate of drug-likeness (QED) is 0.764. The number of benzene rings is 2. The van der Waals surface area contributed by atoms with Gasteiger partial charge >= 0.3 is 0 Å². The molecule has 2 aromatic carbocycles. The normalized spacial score (nSPS) is 12.8. The lowest BCUT2D eigenvalue weighted by Gasteiger charge is -2.20. The van der Waals surface area contributed by atoms with Gasteiger partial charge in [0, 0.05) is 18.7 Å². The fourth-order valence-electron chi connectivity index (χ4n) is 2.51. The van der Waals surface area contributed by atoms with Gasteiger partial charge in [-0.2, -0.15) is 0 Å². The standard InChI is InChI=1S/C20H26N2O2/c1-20(2,3)17-9-7-15(8-10-17)18(23)13-22-12-14-5-4-6-16(11-14)19(21)24/h4-11,18,22-23H,12-13H2,1-3H3,(H2,21,24). The first-order valence-corrected chi connectivity index (χ1v) is 8.15. The number of rotatable bonds is 6. The van der Waals surface area contributed by atoms with Gasteiger partial charge in [-0.05, 0) is 34.2 Å². The molecule has 0 radical (unpaired) electrons. The van der Waals surface area contributed by atoms with Crippen LogP contribution in [0.1, 0.15) is 53.9 Å². The molecule has 0 aliphatic carbocycles. The molecule has 0 heterocycles. The van der Waals surface area contributed by atoms with E-state index in [0.717, 1.165) is 11.1 Å². The number of carbonyl (C=O) groups is 1. The van der Waals surface area contributed by atoms with Crippen LogP contribution in [0.4, 0.5) is 0 Å². The number of aliphatic hydroxyl groups is 1. The summed E-state index contributed by atoms with van der Waals surface area (Å²) in [5.74, 6) is -0.434. The van der Waals surface area contributed by atoms with Gasteiger partial charge in [-0.15, -0.1) is 0 Å². The average molecular weight is 326 g/mol. The van der Waals surface area contributed by atoms with Gasteiger partial charge in [-0.3, -0.25) is 4.79 Å². The molecule has 0 fully saturated rings. The fourth-order valence-corrected chi connectivity index (χ4v) is 2.51.